The molecule has 0 saturated carbocycles. The third-order valence-corrected chi connectivity index (χ3v) is 8.33. The van der Waals surface area contributed by atoms with Crippen LogP contribution in [-0.4, -0.2) is 51.3 Å². The van der Waals surface area contributed by atoms with Gasteiger partial charge in [-0.2, -0.15) is 10.2 Å². The number of benzene rings is 3. The van der Waals surface area contributed by atoms with E-state index in [0.717, 1.165) is 54.2 Å². The van der Waals surface area contributed by atoms with Gasteiger partial charge in [0.1, 0.15) is 24.0 Å². The first kappa shape index (κ1) is 36.0. The molecule has 53 heavy (non-hydrogen) atoms. The first-order valence-corrected chi connectivity index (χ1v) is 16.8. The van der Waals surface area contributed by atoms with Crippen molar-refractivity contribution in [1.82, 2.24) is 38.7 Å². The highest BCUT2D eigenvalue weighted by atomic mass is 19.1. The number of amides is 2. The third-order valence-electron chi connectivity index (χ3n) is 8.33. The zero-order valence-electron chi connectivity index (χ0n) is 29.2. The van der Waals surface area contributed by atoms with Crippen LogP contribution in [0.5, 0.6) is 5.75 Å². The Bertz CT molecular complexity index is 2250. The van der Waals surface area contributed by atoms with Crippen molar-refractivity contribution in [1.29, 1.82) is 0 Å². The molecule has 15 heteroatoms. The number of ether oxygens (including phenoxy) is 1. The summed E-state index contributed by atoms with van der Waals surface area (Å²) in [6, 6.07) is 17.4. The van der Waals surface area contributed by atoms with Crippen LogP contribution in [0.25, 0.3) is 22.5 Å². The van der Waals surface area contributed by atoms with Crippen molar-refractivity contribution < 1.29 is 18.3 Å². The Labute approximate surface area is 304 Å². The Balaban J connectivity index is 0.000000198. The molecule has 272 valence electrons. The van der Waals surface area contributed by atoms with Gasteiger partial charge in [-0.05, 0) is 73.0 Å². The second-order valence-corrected chi connectivity index (χ2v) is 12.1. The minimum atomic E-state index is -0.864. The number of rotatable bonds is 12. The van der Waals surface area contributed by atoms with Crippen molar-refractivity contribution >= 4 is 23.1 Å². The lowest BCUT2D eigenvalue weighted by Crippen LogP contribution is -2.20. The molecule has 0 bridgehead atoms. The Kier molecular flexibility index (Phi) is 11.5. The summed E-state index contributed by atoms with van der Waals surface area (Å²) in [6.07, 6.45) is 16.4. The zero-order chi connectivity index (χ0) is 37.2. The van der Waals surface area contributed by atoms with Gasteiger partial charge in [-0.3, -0.25) is 9.36 Å². The number of nitrogens with zero attached hydrogens (tertiary/aromatic N) is 8. The number of carbonyl (C=O) groups excluding carboxylic acids is 1. The Morgan fingerprint density at radius 3 is 2.11 bits per heavy atom. The summed E-state index contributed by atoms with van der Waals surface area (Å²) < 4.78 is 40.4. The first-order chi connectivity index (χ1) is 25.7. The van der Waals surface area contributed by atoms with E-state index in [-0.39, 0.29) is 5.69 Å². The average molecular weight is 720 g/mol. The number of urea groups is 1. The molecule has 0 atom stereocenters. The van der Waals surface area contributed by atoms with E-state index in [1.165, 1.54) is 11.1 Å². The van der Waals surface area contributed by atoms with Crippen LogP contribution >= 0.6 is 0 Å². The molecule has 0 aliphatic heterocycles. The fraction of sp³-hybridized carbons (Fsp3) is 0.184. The molecule has 13 nitrogen and oxygen atoms in total. The van der Waals surface area contributed by atoms with E-state index in [2.05, 4.69) is 41.4 Å². The highest BCUT2D eigenvalue weighted by Gasteiger charge is 2.14. The Morgan fingerprint density at radius 1 is 0.774 bits per heavy atom. The largest absolute Gasteiger partial charge is 0.491 e. The summed E-state index contributed by atoms with van der Waals surface area (Å²) in [6.45, 7) is 2.00. The predicted octanol–water partition coefficient (Wildman–Crippen LogP) is 6.78. The van der Waals surface area contributed by atoms with Crippen molar-refractivity contribution in [2.75, 3.05) is 23.0 Å². The van der Waals surface area contributed by atoms with Crippen LogP contribution in [0, 0.1) is 11.6 Å². The summed E-state index contributed by atoms with van der Waals surface area (Å²) in [7, 11) is 3.75. The number of anilines is 3. The molecule has 7 aromatic rings. The second kappa shape index (κ2) is 17.0. The monoisotopic (exact) mass is 719 g/mol. The van der Waals surface area contributed by atoms with Gasteiger partial charge in [-0.25, -0.2) is 23.5 Å². The number of hydrogen-bond acceptors (Lipinski definition) is 7. The fourth-order valence-corrected chi connectivity index (χ4v) is 5.69. The lowest BCUT2D eigenvalue weighted by atomic mass is 9.99. The molecule has 0 saturated heterocycles. The molecule has 0 fully saturated rings. The molecule has 7 rings (SSSR count). The van der Waals surface area contributed by atoms with E-state index in [1.54, 1.807) is 48.6 Å². The SMILES string of the molecule is Cn1nccc1-c1cc(N)ccc1CCCn1ccnc1.Cn1nccc1-c1cc(NC(=O)Nc2ccc(F)cc2F)ccc1OCCn1ccnc1. The number of halogens is 2. The molecule has 0 spiro atoms. The van der Waals surface area contributed by atoms with Crippen molar-refractivity contribution in [3.05, 3.63) is 134 Å². The predicted molar refractivity (Wildman–Crippen MR) is 199 cm³/mol. The van der Waals surface area contributed by atoms with Gasteiger partial charge >= 0.3 is 6.03 Å². The smallest absolute Gasteiger partial charge is 0.323 e. The fourth-order valence-electron chi connectivity index (χ4n) is 5.69. The average Bonchev–Trinajstić information content (AvgIpc) is 3.98. The van der Waals surface area contributed by atoms with E-state index >= 15 is 0 Å². The van der Waals surface area contributed by atoms with E-state index in [1.807, 2.05) is 71.7 Å². The normalized spacial score (nSPS) is 10.8. The maximum absolute atomic E-state index is 13.8. The molecule has 4 aromatic heterocycles. The Hall–Kier alpha value is -6.77. The quantitative estimate of drug-likeness (QED) is 0.118. The van der Waals surface area contributed by atoms with E-state index in [4.69, 9.17) is 10.5 Å². The summed E-state index contributed by atoms with van der Waals surface area (Å²) in [5, 5.41) is 13.5. The summed E-state index contributed by atoms with van der Waals surface area (Å²) in [5.41, 5.74) is 12.1. The standard InChI is InChI=1S/C22H20F2N6O2.C16H19N5/c1-29-20(6-7-26-29)17-13-16(3-5-21(17)32-11-10-30-9-8-25-14-30)27-22(31)28-19-4-2-15(23)12-18(19)24;1-20-16(6-7-19-20)15-11-14(17)5-4-13(15)3-2-9-21-10-8-18-12-21/h2-9,12-14H,10-11H2,1H3,(H2,27,28,31);4-8,10-12H,2-3,9,17H2,1H3. The topological polar surface area (TPSA) is 148 Å². The molecule has 0 aliphatic rings. The number of carbonyl (C=O) groups is 1. The number of nitrogens with two attached hydrogens (primary N) is 1. The molecule has 4 heterocycles. The molecule has 0 aliphatic carbocycles. The molecule has 2 amide bonds. The van der Waals surface area contributed by atoms with Gasteiger partial charge in [-0.15, -0.1) is 0 Å². The van der Waals surface area contributed by atoms with Crippen LogP contribution < -0.4 is 21.1 Å². The van der Waals surface area contributed by atoms with Gasteiger partial charge in [-0.1, -0.05) is 6.07 Å². The van der Waals surface area contributed by atoms with Crippen molar-refractivity contribution in [2.45, 2.75) is 25.9 Å². The summed E-state index contributed by atoms with van der Waals surface area (Å²) >= 11 is 0. The van der Waals surface area contributed by atoms with Crippen LogP contribution in [0.3, 0.4) is 0 Å². The molecule has 0 unspecified atom stereocenters. The van der Waals surface area contributed by atoms with E-state index < -0.39 is 17.7 Å². The van der Waals surface area contributed by atoms with Gasteiger partial charge in [0, 0.05) is 86.4 Å². The lowest BCUT2D eigenvalue weighted by molar-refractivity contribution is 0.262. The van der Waals surface area contributed by atoms with E-state index in [9.17, 15) is 13.6 Å². The molecule has 4 N–H and O–H groups in total. The van der Waals surface area contributed by atoms with Crippen LogP contribution in [0.4, 0.5) is 30.6 Å². The highest BCUT2D eigenvalue weighted by molar-refractivity contribution is 6.00. The van der Waals surface area contributed by atoms with Crippen molar-refractivity contribution in [3.8, 4) is 28.3 Å². The number of aromatic nitrogens is 8. The van der Waals surface area contributed by atoms with Crippen LogP contribution in [-0.2, 0) is 33.6 Å². The van der Waals surface area contributed by atoms with Gasteiger partial charge in [0.25, 0.3) is 0 Å². The number of imidazole rings is 2. The number of nitrogens with one attached hydrogen (secondary N) is 2. The van der Waals surface area contributed by atoms with Crippen molar-refractivity contribution in [3.63, 3.8) is 0 Å². The van der Waals surface area contributed by atoms with Gasteiger partial charge in [0.2, 0.25) is 0 Å². The minimum Gasteiger partial charge on any atom is -0.491 e. The highest BCUT2D eigenvalue weighted by Crippen LogP contribution is 2.33. The first-order valence-electron chi connectivity index (χ1n) is 16.8. The number of hydrogen-bond donors (Lipinski definition) is 3. The van der Waals surface area contributed by atoms with Crippen LogP contribution in [0.15, 0.2) is 117 Å². The van der Waals surface area contributed by atoms with Gasteiger partial charge in [0.05, 0.1) is 36.3 Å². The second-order valence-electron chi connectivity index (χ2n) is 12.1. The lowest BCUT2D eigenvalue weighted by Gasteiger charge is -2.15. The zero-order valence-corrected chi connectivity index (χ0v) is 29.2. The Morgan fingerprint density at radius 2 is 1.47 bits per heavy atom. The molecular formula is C38H39F2N11O2. The summed E-state index contributed by atoms with van der Waals surface area (Å²) in [5.74, 6) is -0.973. The van der Waals surface area contributed by atoms with Crippen molar-refractivity contribution in [2.24, 2.45) is 14.1 Å². The third kappa shape index (κ3) is 9.52. The van der Waals surface area contributed by atoms with E-state index in [0.29, 0.717) is 30.7 Å². The number of aryl methyl sites for hydroxylation is 4. The van der Waals surface area contributed by atoms with Gasteiger partial charge < -0.3 is 30.2 Å². The van der Waals surface area contributed by atoms with Crippen LogP contribution in [0.2, 0.25) is 0 Å². The molecule has 3 aromatic carbocycles. The van der Waals surface area contributed by atoms with Gasteiger partial charge in [0.15, 0.2) is 0 Å². The molecule has 0 radical (unpaired) electrons. The minimum absolute atomic E-state index is 0.129. The molecular weight excluding hydrogens is 680 g/mol. The number of nitrogen functional groups attached to an aromatic ring is 1. The summed E-state index contributed by atoms with van der Waals surface area (Å²) in [4.78, 5) is 20.4. The maximum Gasteiger partial charge on any atom is 0.323 e. The maximum atomic E-state index is 13.8. The van der Waals surface area contributed by atoms with Crippen LogP contribution in [0.1, 0.15) is 12.0 Å².